The van der Waals surface area contributed by atoms with Crippen molar-refractivity contribution in [2.24, 2.45) is 29.6 Å². The maximum absolute atomic E-state index is 9.82. The summed E-state index contributed by atoms with van der Waals surface area (Å²) in [6.45, 7) is 4.45. The van der Waals surface area contributed by atoms with Crippen molar-refractivity contribution in [3.63, 3.8) is 0 Å². The van der Waals surface area contributed by atoms with Gasteiger partial charge in [-0.25, -0.2) is 0 Å². The summed E-state index contributed by atoms with van der Waals surface area (Å²) in [5, 5.41) is 9.82. The maximum atomic E-state index is 9.82. The topological polar surface area (TPSA) is 30.3 Å². The van der Waals surface area contributed by atoms with Crippen molar-refractivity contribution in [3.05, 3.63) is 0 Å². The summed E-state index contributed by atoms with van der Waals surface area (Å²) in [4.78, 5) is 4.90. The Morgan fingerprint density at radius 1 is 0.900 bits per heavy atom. The minimum atomic E-state index is 0.207. The van der Waals surface area contributed by atoms with E-state index in [0.29, 0.717) is 5.92 Å². The van der Waals surface area contributed by atoms with Crippen molar-refractivity contribution in [1.82, 2.24) is 9.80 Å². The average molecular weight is 273 g/mol. The highest BCUT2D eigenvalue weighted by molar-refractivity contribution is 5.08. The van der Waals surface area contributed by atoms with Crippen molar-refractivity contribution >= 4 is 0 Å². The van der Waals surface area contributed by atoms with Crippen LogP contribution in [0.3, 0.4) is 0 Å². The molecule has 0 aromatic heterocycles. The van der Waals surface area contributed by atoms with Crippen LogP contribution in [0.4, 0.5) is 0 Å². The molecule has 1 unspecified atom stereocenters. The van der Waals surface area contributed by atoms with Gasteiger partial charge in [0.1, 0.15) is 6.04 Å². The summed E-state index contributed by atoms with van der Waals surface area (Å²) >= 11 is 0. The van der Waals surface area contributed by atoms with Gasteiger partial charge in [-0.1, -0.05) is 0 Å². The zero-order valence-electron chi connectivity index (χ0n) is 12.7. The van der Waals surface area contributed by atoms with Gasteiger partial charge in [0.15, 0.2) is 0 Å². The molecule has 0 amide bonds. The molecule has 110 valence electrons. The standard InChI is InChI=1S/C17H27N3/c1-19-2-4-20(5-3-19)16(11-18)17-14-7-12-6-13(9-14)10-15(17)8-12/h12-17H,2-10H2,1H3. The van der Waals surface area contributed by atoms with Gasteiger partial charge in [0, 0.05) is 26.2 Å². The molecule has 1 heterocycles. The summed E-state index contributed by atoms with van der Waals surface area (Å²) in [5.74, 6) is 4.46. The lowest BCUT2D eigenvalue weighted by Crippen LogP contribution is -2.57. The second kappa shape index (κ2) is 5.00. The Balaban J connectivity index is 1.52. The normalized spacial score (nSPS) is 46.3. The van der Waals surface area contributed by atoms with E-state index < -0.39 is 0 Å². The van der Waals surface area contributed by atoms with Crippen molar-refractivity contribution in [1.29, 1.82) is 5.26 Å². The van der Waals surface area contributed by atoms with E-state index in [4.69, 9.17) is 0 Å². The Morgan fingerprint density at radius 3 is 1.95 bits per heavy atom. The maximum Gasteiger partial charge on any atom is 0.101 e. The number of nitrogens with zero attached hydrogens (tertiary/aromatic N) is 3. The Bertz CT molecular complexity index is 377. The van der Waals surface area contributed by atoms with Crippen molar-refractivity contribution in [2.75, 3.05) is 33.2 Å². The SMILES string of the molecule is CN1CCN(C(C#N)C2C3CC4CC(C3)CC2C4)CC1. The first-order valence-corrected chi connectivity index (χ1v) is 8.57. The largest absolute Gasteiger partial charge is 0.304 e. The molecule has 20 heavy (non-hydrogen) atoms. The first-order valence-electron chi connectivity index (χ1n) is 8.57. The van der Waals surface area contributed by atoms with Gasteiger partial charge in [-0.15, -0.1) is 0 Å². The Hall–Kier alpha value is -0.590. The highest BCUT2D eigenvalue weighted by atomic mass is 15.3. The number of hydrogen-bond donors (Lipinski definition) is 0. The van der Waals surface area contributed by atoms with Crippen LogP contribution in [0, 0.1) is 40.9 Å². The molecule has 4 aliphatic carbocycles. The number of likely N-dealkylation sites (N-methyl/N-ethyl adjacent to an activating group) is 1. The summed E-state index contributed by atoms with van der Waals surface area (Å²) in [6.07, 6.45) is 7.24. The summed E-state index contributed by atoms with van der Waals surface area (Å²) in [7, 11) is 2.20. The molecule has 0 aromatic rings. The number of hydrogen-bond acceptors (Lipinski definition) is 3. The average Bonchev–Trinajstić information content (AvgIpc) is 2.43. The number of rotatable bonds is 2. The molecular weight excluding hydrogens is 246 g/mol. The first-order chi connectivity index (χ1) is 9.74. The molecule has 4 bridgehead atoms. The smallest absolute Gasteiger partial charge is 0.101 e. The summed E-state index contributed by atoms with van der Waals surface area (Å²) in [5.41, 5.74) is 0. The van der Waals surface area contributed by atoms with E-state index in [-0.39, 0.29) is 6.04 Å². The molecule has 0 radical (unpaired) electrons. The predicted molar refractivity (Wildman–Crippen MR) is 79.0 cm³/mol. The molecule has 0 aromatic carbocycles. The van der Waals surface area contributed by atoms with Gasteiger partial charge in [0.2, 0.25) is 0 Å². The zero-order chi connectivity index (χ0) is 13.7. The van der Waals surface area contributed by atoms with Crippen LogP contribution in [0.1, 0.15) is 32.1 Å². The van der Waals surface area contributed by atoms with Crippen molar-refractivity contribution < 1.29 is 0 Å². The molecule has 3 nitrogen and oxygen atoms in total. The van der Waals surface area contributed by atoms with Crippen molar-refractivity contribution in [3.8, 4) is 6.07 Å². The van der Waals surface area contributed by atoms with E-state index in [2.05, 4.69) is 22.9 Å². The van der Waals surface area contributed by atoms with E-state index in [0.717, 1.165) is 49.9 Å². The highest BCUT2D eigenvalue weighted by Gasteiger charge is 2.51. The molecule has 5 rings (SSSR count). The van der Waals surface area contributed by atoms with Crippen LogP contribution in [-0.2, 0) is 0 Å². The van der Waals surface area contributed by atoms with Gasteiger partial charge in [-0.3, -0.25) is 4.90 Å². The molecular formula is C17H27N3. The molecule has 0 N–H and O–H groups in total. The monoisotopic (exact) mass is 273 g/mol. The van der Waals surface area contributed by atoms with Gasteiger partial charge in [-0.05, 0) is 68.7 Å². The highest BCUT2D eigenvalue weighted by Crippen LogP contribution is 2.57. The molecule has 4 saturated carbocycles. The van der Waals surface area contributed by atoms with Crippen LogP contribution in [0.25, 0.3) is 0 Å². The fraction of sp³-hybridized carbons (Fsp3) is 0.941. The van der Waals surface area contributed by atoms with E-state index in [1.165, 1.54) is 32.1 Å². The number of piperazine rings is 1. The fourth-order valence-corrected chi connectivity index (χ4v) is 5.99. The second-order valence-corrected chi connectivity index (χ2v) is 7.92. The van der Waals surface area contributed by atoms with Gasteiger partial charge >= 0.3 is 0 Å². The van der Waals surface area contributed by atoms with Gasteiger partial charge in [-0.2, -0.15) is 5.26 Å². The minimum Gasteiger partial charge on any atom is -0.304 e. The van der Waals surface area contributed by atoms with Crippen LogP contribution in [-0.4, -0.2) is 49.1 Å². The minimum absolute atomic E-state index is 0.207. The molecule has 5 aliphatic rings. The van der Waals surface area contributed by atoms with Crippen LogP contribution >= 0.6 is 0 Å². The fourth-order valence-electron chi connectivity index (χ4n) is 5.99. The van der Waals surface area contributed by atoms with E-state index >= 15 is 0 Å². The Morgan fingerprint density at radius 2 is 1.45 bits per heavy atom. The molecule has 1 aliphatic heterocycles. The quantitative estimate of drug-likeness (QED) is 0.772. The van der Waals surface area contributed by atoms with Crippen LogP contribution in [0.15, 0.2) is 0 Å². The lowest BCUT2D eigenvalue weighted by atomic mass is 9.50. The third-order valence-corrected chi connectivity index (χ3v) is 6.73. The molecule has 0 spiro atoms. The van der Waals surface area contributed by atoms with Crippen LogP contribution < -0.4 is 0 Å². The molecule has 1 saturated heterocycles. The third kappa shape index (κ3) is 2.09. The van der Waals surface area contributed by atoms with Gasteiger partial charge in [0.25, 0.3) is 0 Å². The summed E-state index contributed by atoms with van der Waals surface area (Å²) < 4.78 is 0. The molecule has 5 fully saturated rings. The Labute approximate surface area is 122 Å². The lowest BCUT2D eigenvalue weighted by molar-refractivity contribution is -0.0671. The predicted octanol–water partition coefficient (Wildman–Crippen LogP) is 2.20. The lowest BCUT2D eigenvalue weighted by Gasteiger charge is -2.57. The Kier molecular flexibility index (Phi) is 3.27. The third-order valence-electron chi connectivity index (χ3n) is 6.73. The summed E-state index contributed by atoms with van der Waals surface area (Å²) in [6, 6.07) is 2.93. The van der Waals surface area contributed by atoms with Crippen LogP contribution in [0.5, 0.6) is 0 Å². The van der Waals surface area contributed by atoms with E-state index in [1.54, 1.807) is 0 Å². The van der Waals surface area contributed by atoms with Gasteiger partial charge < -0.3 is 4.90 Å². The molecule has 3 heteroatoms. The first kappa shape index (κ1) is 13.1. The number of nitriles is 1. The molecule has 1 atom stereocenters. The second-order valence-electron chi connectivity index (χ2n) is 7.92. The zero-order valence-corrected chi connectivity index (χ0v) is 12.7. The van der Waals surface area contributed by atoms with E-state index in [9.17, 15) is 5.26 Å². The van der Waals surface area contributed by atoms with E-state index in [1.807, 2.05) is 0 Å². The van der Waals surface area contributed by atoms with Crippen LogP contribution in [0.2, 0.25) is 0 Å². The van der Waals surface area contributed by atoms with Crippen molar-refractivity contribution in [2.45, 2.75) is 38.1 Å². The van der Waals surface area contributed by atoms with Gasteiger partial charge in [0.05, 0.1) is 6.07 Å².